The average molecular weight is 375 g/mol. The second kappa shape index (κ2) is 6.53. The zero-order valence-electron chi connectivity index (χ0n) is 15.4. The summed E-state index contributed by atoms with van der Waals surface area (Å²) in [4.78, 5) is 51.4. The first kappa shape index (κ1) is 17.8. The van der Waals surface area contributed by atoms with Crippen LogP contribution in [0.1, 0.15) is 34.6 Å². The molecular formula is C21H17N3O4. The van der Waals surface area contributed by atoms with E-state index in [0.29, 0.717) is 17.3 Å². The van der Waals surface area contributed by atoms with Crippen molar-refractivity contribution in [3.63, 3.8) is 0 Å². The highest BCUT2D eigenvalue weighted by Crippen LogP contribution is 2.29. The van der Waals surface area contributed by atoms with Crippen LogP contribution >= 0.6 is 0 Å². The summed E-state index contributed by atoms with van der Waals surface area (Å²) in [5.74, 6) is -0.638. The van der Waals surface area contributed by atoms with Crippen LogP contribution < -0.4 is 21.6 Å². The third-order valence-electron chi connectivity index (χ3n) is 4.68. The number of nitrogens with one attached hydrogen (secondary N) is 1. The molecule has 0 saturated carbocycles. The van der Waals surface area contributed by atoms with E-state index in [-0.39, 0.29) is 34.0 Å². The van der Waals surface area contributed by atoms with Crippen LogP contribution in [0.25, 0.3) is 10.8 Å². The summed E-state index contributed by atoms with van der Waals surface area (Å²) in [6.45, 7) is 4.15. The normalized spacial score (nSPS) is 13.5. The van der Waals surface area contributed by atoms with Gasteiger partial charge in [-0.15, -0.1) is 0 Å². The largest absolute Gasteiger partial charge is 0.287 e. The molecule has 0 atom stereocenters. The lowest BCUT2D eigenvalue weighted by atomic mass is 10.1. The molecule has 0 bridgehead atoms. The van der Waals surface area contributed by atoms with Gasteiger partial charge in [-0.3, -0.25) is 29.5 Å². The Bertz CT molecular complexity index is 1230. The first-order chi connectivity index (χ1) is 13.4. The Morgan fingerprint density at radius 1 is 0.893 bits per heavy atom. The molecule has 7 heteroatoms. The zero-order valence-corrected chi connectivity index (χ0v) is 15.4. The molecule has 0 fully saturated rings. The van der Waals surface area contributed by atoms with Gasteiger partial charge in [0.1, 0.15) is 0 Å². The molecule has 1 aliphatic rings. The molecule has 0 radical (unpaired) electrons. The van der Waals surface area contributed by atoms with Crippen LogP contribution in [0.3, 0.4) is 0 Å². The van der Waals surface area contributed by atoms with E-state index in [1.807, 2.05) is 13.8 Å². The molecular weight excluding hydrogens is 358 g/mol. The fourth-order valence-electron chi connectivity index (χ4n) is 3.41. The molecule has 3 aromatic carbocycles. The number of nitrogens with zero attached hydrogens (tertiary/aromatic N) is 2. The average Bonchev–Trinajstić information content (AvgIpc) is 3.07. The molecule has 7 nitrogen and oxygen atoms in total. The lowest BCUT2D eigenvalue weighted by Gasteiger charge is -2.16. The number of amides is 2. The number of imide groups is 1. The van der Waals surface area contributed by atoms with Crippen molar-refractivity contribution in [2.45, 2.75) is 13.8 Å². The van der Waals surface area contributed by atoms with Gasteiger partial charge in [-0.05, 0) is 18.1 Å². The van der Waals surface area contributed by atoms with Crippen LogP contribution in [0.4, 0.5) is 5.69 Å². The van der Waals surface area contributed by atoms with Crippen LogP contribution in [-0.2, 0) is 0 Å². The van der Waals surface area contributed by atoms with Crippen LogP contribution in [0.15, 0.2) is 57.2 Å². The number of carbonyl (C=O) groups excluding carboxylic acids is 2. The summed E-state index contributed by atoms with van der Waals surface area (Å²) >= 11 is 0. The highest BCUT2D eigenvalue weighted by molar-refractivity contribution is 6.23. The predicted octanol–water partition coefficient (Wildman–Crippen LogP) is 1.62. The van der Waals surface area contributed by atoms with Gasteiger partial charge >= 0.3 is 0 Å². The monoisotopic (exact) mass is 375 g/mol. The quantitative estimate of drug-likeness (QED) is 0.552. The van der Waals surface area contributed by atoms with Gasteiger partial charge in [-0.1, -0.05) is 44.2 Å². The standard InChI is InChI=1S/C21H17N3O4/c1-11(2)10-24-20(27)14-8-5-9-15(16(14)21(24)28)22-23-17-18(25)12-6-3-4-7-13(12)19(17)26/h3-9,11,22H,10H2,1-2H3. The molecule has 4 rings (SSSR count). The first-order valence-corrected chi connectivity index (χ1v) is 8.91. The molecule has 1 heterocycles. The number of hydrogen-bond acceptors (Lipinski definition) is 6. The zero-order chi connectivity index (χ0) is 20.0. The van der Waals surface area contributed by atoms with E-state index in [1.165, 1.54) is 4.90 Å². The molecule has 0 aliphatic carbocycles. The number of benzene rings is 2. The van der Waals surface area contributed by atoms with E-state index in [1.54, 1.807) is 42.5 Å². The van der Waals surface area contributed by atoms with Gasteiger partial charge in [-0.25, -0.2) is 0 Å². The Labute approximate surface area is 159 Å². The minimum absolute atomic E-state index is 0.131. The minimum atomic E-state index is -0.468. The molecule has 0 spiro atoms. The molecule has 140 valence electrons. The number of carbonyl (C=O) groups is 2. The van der Waals surface area contributed by atoms with Crippen molar-refractivity contribution in [2.24, 2.45) is 11.0 Å². The number of fused-ring (bicyclic) bond motifs is 2. The van der Waals surface area contributed by atoms with Crippen LogP contribution in [0.5, 0.6) is 0 Å². The van der Waals surface area contributed by atoms with E-state index in [9.17, 15) is 19.2 Å². The Morgan fingerprint density at radius 2 is 1.54 bits per heavy atom. The molecule has 3 aromatic rings. The van der Waals surface area contributed by atoms with Gasteiger partial charge in [0.05, 0.1) is 16.8 Å². The molecule has 0 saturated heterocycles. The molecule has 28 heavy (non-hydrogen) atoms. The first-order valence-electron chi connectivity index (χ1n) is 8.91. The van der Waals surface area contributed by atoms with Gasteiger partial charge in [0.15, 0.2) is 5.36 Å². The summed E-state index contributed by atoms with van der Waals surface area (Å²) in [6.07, 6.45) is 0. The fourth-order valence-corrected chi connectivity index (χ4v) is 3.41. The van der Waals surface area contributed by atoms with Gasteiger partial charge < -0.3 is 0 Å². The van der Waals surface area contributed by atoms with Gasteiger partial charge in [0.2, 0.25) is 10.9 Å². The summed E-state index contributed by atoms with van der Waals surface area (Å²) in [6, 6.07) is 11.3. The maximum absolute atomic E-state index is 12.7. The van der Waals surface area contributed by atoms with Crippen molar-refractivity contribution in [3.05, 3.63) is 79.4 Å². The second-order valence-corrected chi connectivity index (χ2v) is 7.12. The number of hydrogen-bond donors (Lipinski definition) is 1. The van der Waals surface area contributed by atoms with Gasteiger partial charge in [0, 0.05) is 17.3 Å². The van der Waals surface area contributed by atoms with Gasteiger partial charge in [-0.2, -0.15) is 5.10 Å². The van der Waals surface area contributed by atoms with Crippen molar-refractivity contribution in [2.75, 3.05) is 12.0 Å². The fraction of sp³-hybridized carbons (Fsp3) is 0.190. The third-order valence-corrected chi connectivity index (χ3v) is 4.68. The van der Waals surface area contributed by atoms with Crippen molar-refractivity contribution in [1.82, 2.24) is 4.90 Å². The topological polar surface area (TPSA) is 95.9 Å². The predicted molar refractivity (Wildman–Crippen MR) is 105 cm³/mol. The number of anilines is 1. The van der Waals surface area contributed by atoms with Crippen LogP contribution in [0, 0.1) is 5.92 Å². The summed E-state index contributed by atoms with van der Waals surface area (Å²) in [5.41, 5.74) is 2.48. The van der Waals surface area contributed by atoms with E-state index in [4.69, 9.17) is 0 Å². The summed E-state index contributed by atoms with van der Waals surface area (Å²) < 4.78 is 0. The Balaban J connectivity index is 1.78. The van der Waals surface area contributed by atoms with E-state index >= 15 is 0 Å². The highest BCUT2D eigenvalue weighted by Gasteiger charge is 2.37. The Kier molecular flexibility index (Phi) is 4.15. The van der Waals surface area contributed by atoms with E-state index < -0.39 is 16.8 Å². The van der Waals surface area contributed by atoms with Crippen LogP contribution in [0.2, 0.25) is 0 Å². The Hall–Kier alpha value is -3.61. The maximum Gasteiger partial charge on any atom is 0.263 e. The lowest BCUT2D eigenvalue weighted by molar-refractivity contribution is 0.0636. The lowest BCUT2D eigenvalue weighted by Crippen LogP contribution is -2.33. The van der Waals surface area contributed by atoms with Crippen molar-refractivity contribution >= 4 is 28.3 Å². The van der Waals surface area contributed by atoms with E-state index in [2.05, 4.69) is 10.5 Å². The van der Waals surface area contributed by atoms with Crippen molar-refractivity contribution < 1.29 is 9.59 Å². The SMILES string of the molecule is CC(C)CN1C(=O)c2cccc(NN=c3c(=O)c4ccccc4c3=O)c2C1=O. The van der Waals surface area contributed by atoms with Gasteiger partial charge in [0.25, 0.3) is 11.8 Å². The molecule has 2 amide bonds. The van der Waals surface area contributed by atoms with E-state index in [0.717, 1.165) is 0 Å². The molecule has 0 aromatic heterocycles. The van der Waals surface area contributed by atoms with Crippen molar-refractivity contribution in [1.29, 1.82) is 0 Å². The summed E-state index contributed by atoms with van der Waals surface area (Å²) in [7, 11) is 0. The minimum Gasteiger partial charge on any atom is -0.287 e. The summed E-state index contributed by atoms with van der Waals surface area (Å²) in [5, 5.41) is 4.35. The highest BCUT2D eigenvalue weighted by atomic mass is 16.2. The Morgan fingerprint density at radius 3 is 2.14 bits per heavy atom. The second-order valence-electron chi connectivity index (χ2n) is 7.12. The number of rotatable bonds is 4. The maximum atomic E-state index is 12.7. The van der Waals surface area contributed by atoms with Crippen molar-refractivity contribution in [3.8, 4) is 0 Å². The third kappa shape index (κ3) is 2.63. The smallest absolute Gasteiger partial charge is 0.263 e. The molecule has 1 aliphatic heterocycles. The molecule has 1 N–H and O–H groups in total. The molecule has 0 unspecified atom stereocenters. The van der Waals surface area contributed by atoms with Crippen LogP contribution in [-0.4, -0.2) is 23.3 Å².